The highest BCUT2D eigenvalue weighted by molar-refractivity contribution is 5.79. The van der Waals surface area contributed by atoms with Gasteiger partial charge in [0.25, 0.3) is 0 Å². The van der Waals surface area contributed by atoms with Gasteiger partial charge in [0, 0.05) is 33.4 Å². The van der Waals surface area contributed by atoms with Gasteiger partial charge in [-0.2, -0.15) is 0 Å². The van der Waals surface area contributed by atoms with E-state index in [0.29, 0.717) is 0 Å². The Morgan fingerprint density at radius 2 is 2.05 bits per heavy atom. The molecule has 0 aromatic heterocycles. The number of rotatable bonds is 10. The predicted octanol–water partition coefficient (Wildman–Crippen LogP) is 2.22. The lowest BCUT2D eigenvalue weighted by Crippen LogP contribution is -2.38. The molecular weight excluding hydrogens is 278 g/mol. The van der Waals surface area contributed by atoms with E-state index in [0.717, 1.165) is 57.2 Å². The van der Waals surface area contributed by atoms with Gasteiger partial charge in [-0.15, -0.1) is 0 Å². The summed E-state index contributed by atoms with van der Waals surface area (Å²) in [5, 5.41) is 6.57. The molecule has 0 radical (unpaired) electrons. The maximum atomic E-state index is 5.24. The molecule has 0 aliphatic rings. The molecule has 1 aromatic carbocycles. The SMILES string of the molecule is CCNC(=NCCCc1cccc(OC)c1)NCCCOC. The van der Waals surface area contributed by atoms with Crippen molar-refractivity contribution in [3.8, 4) is 5.75 Å². The first kappa shape index (κ1) is 18.3. The fraction of sp³-hybridized carbons (Fsp3) is 0.588. The van der Waals surface area contributed by atoms with Crippen LogP contribution < -0.4 is 15.4 Å². The van der Waals surface area contributed by atoms with E-state index < -0.39 is 0 Å². The molecule has 1 rings (SSSR count). The molecule has 0 saturated carbocycles. The molecule has 0 unspecified atom stereocenters. The molecule has 0 bridgehead atoms. The largest absolute Gasteiger partial charge is 0.497 e. The Balaban J connectivity index is 2.32. The third kappa shape index (κ3) is 7.88. The second-order valence-electron chi connectivity index (χ2n) is 4.99. The highest BCUT2D eigenvalue weighted by Gasteiger charge is 1.98. The molecule has 0 aliphatic heterocycles. The van der Waals surface area contributed by atoms with Gasteiger partial charge in [-0.05, 0) is 43.9 Å². The third-order valence-electron chi connectivity index (χ3n) is 3.19. The molecule has 0 spiro atoms. The Morgan fingerprint density at radius 3 is 2.77 bits per heavy atom. The molecule has 5 heteroatoms. The van der Waals surface area contributed by atoms with Crippen LogP contribution >= 0.6 is 0 Å². The maximum Gasteiger partial charge on any atom is 0.191 e. The van der Waals surface area contributed by atoms with Crippen LogP contribution in [-0.2, 0) is 11.2 Å². The van der Waals surface area contributed by atoms with E-state index in [1.807, 2.05) is 12.1 Å². The number of nitrogens with zero attached hydrogens (tertiary/aromatic N) is 1. The van der Waals surface area contributed by atoms with E-state index in [1.54, 1.807) is 14.2 Å². The number of hydrogen-bond donors (Lipinski definition) is 2. The molecule has 124 valence electrons. The van der Waals surface area contributed by atoms with Gasteiger partial charge in [-0.3, -0.25) is 4.99 Å². The summed E-state index contributed by atoms with van der Waals surface area (Å²) >= 11 is 0. The molecular formula is C17H29N3O2. The summed E-state index contributed by atoms with van der Waals surface area (Å²) in [5.41, 5.74) is 1.28. The van der Waals surface area contributed by atoms with Gasteiger partial charge in [0.1, 0.15) is 5.75 Å². The zero-order chi connectivity index (χ0) is 16.0. The summed E-state index contributed by atoms with van der Waals surface area (Å²) < 4.78 is 10.3. The van der Waals surface area contributed by atoms with Gasteiger partial charge in [0.2, 0.25) is 0 Å². The minimum Gasteiger partial charge on any atom is -0.497 e. The van der Waals surface area contributed by atoms with E-state index in [9.17, 15) is 0 Å². The smallest absolute Gasteiger partial charge is 0.191 e. The van der Waals surface area contributed by atoms with E-state index in [2.05, 4.69) is 34.7 Å². The van der Waals surface area contributed by atoms with Crippen LogP contribution in [0.5, 0.6) is 5.75 Å². The topological polar surface area (TPSA) is 54.9 Å². The third-order valence-corrected chi connectivity index (χ3v) is 3.19. The first-order valence-electron chi connectivity index (χ1n) is 7.94. The van der Waals surface area contributed by atoms with Crippen LogP contribution in [0.25, 0.3) is 0 Å². The fourth-order valence-electron chi connectivity index (χ4n) is 2.07. The zero-order valence-electron chi connectivity index (χ0n) is 14.0. The molecule has 0 amide bonds. The van der Waals surface area contributed by atoms with Crippen molar-refractivity contribution >= 4 is 5.96 Å². The van der Waals surface area contributed by atoms with Crippen LogP contribution in [0.4, 0.5) is 0 Å². The minimum absolute atomic E-state index is 0.766. The maximum absolute atomic E-state index is 5.24. The lowest BCUT2D eigenvalue weighted by Gasteiger charge is -2.11. The standard InChI is InChI=1S/C17H29N3O2/c1-4-18-17(20-12-7-13-21-2)19-11-6-9-15-8-5-10-16(14-15)22-3/h5,8,10,14H,4,6-7,9,11-13H2,1-3H3,(H2,18,19,20). The van der Waals surface area contributed by atoms with Crippen LogP contribution in [-0.4, -0.2) is 46.4 Å². The first-order valence-corrected chi connectivity index (χ1v) is 7.94. The Hall–Kier alpha value is -1.75. The molecule has 0 fully saturated rings. The van der Waals surface area contributed by atoms with E-state index >= 15 is 0 Å². The van der Waals surface area contributed by atoms with Crippen LogP contribution in [0.15, 0.2) is 29.3 Å². The summed E-state index contributed by atoms with van der Waals surface area (Å²) in [6, 6.07) is 8.20. The number of aryl methyl sites for hydroxylation is 1. The van der Waals surface area contributed by atoms with Gasteiger partial charge in [-0.1, -0.05) is 12.1 Å². The van der Waals surface area contributed by atoms with Crippen molar-refractivity contribution in [3.63, 3.8) is 0 Å². The minimum atomic E-state index is 0.766. The summed E-state index contributed by atoms with van der Waals surface area (Å²) in [7, 11) is 3.42. The van der Waals surface area contributed by atoms with E-state index in [4.69, 9.17) is 9.47 Å². The van der Waals surface area contributed by atoms with Gasteiger partial charge < -0.3 is 20.1 Å². The summed E-state index contributed by atoms with van der Waals surface area (Å²) in [4.78, 5) is 4.59. The van der Waals surface area contributed by atoms with Crippen LogP contribution in [0.2, 0.25) is 0 Å². The number of benzene rings is 1. The van der Waals surface area contributed by atoms with Gasteiger partial charge in [-0.25, -0.2) is 0 Å². The summed E-state index contributed by atoms with van der Waals surface area (Å²) in [6.45, 7) is 5.38. The van der Waals surface area contributed by atoms with Crippen molar-refractivity contribution in [2.45, 2.75) is 26.2 Å². The van der Waals surface area contributed by atoms with Gasteiger partial charge in [0.05, 0.1) is 7.11 Å². The van der Waals surface area contributed by atoms with Crippen molar-refractivity contribution in [3.05, 3.63) is 29.8 Å². The monoisotopic (exact) mass is 307 g/mol. The van der Waals surface area contributed by atoms with Crippen LogP contribution in [0.1, 0.15) is 25.3 Å². The highest BCUT2D eigenvalue weighted by Crippen LogP contribution is 2.13. The van der Waals surface area contributed by atoms with Crippen molar-refractivity contribution in [2.24, 2.45) is 4.99 Å². The average Bonchev–Trinajstić information content (AvgIpc) is 2.55. The van der Waals surface area contributed by atoms with Crippen molar-refractivity contribution in [1.29, 1.82) is 0 Å². The average molecular weight is 307 g/mol. The van der Waals surface area contributed by atoms with Crippen molar-refractivity contribution in [1.82, 2.24) is 10.6 Å². The van der Waals surface area contributed by atoms with Crippen molar-refractivity contribution in [2.75, 3.05) is 40.5 Å². The Bertz CT molecular complexity index is 436. The number of guanidine groups is 1. The quantitative estimate of drug-likeness (QED) is 0.395. The number of aliphatic imine (C=N–C) groups is 1. The summed E-state index contributed by atoms with van der Waals surface area (Å²) in [5.74, 6) is 1.79. The molecule has 2 N–H and O–H groups in total. The molecule has 22 heavy (non-hydrogen) atoms. The molecule has 0 saturated heterocycles. The number of ether oxygens (including phenoxy) is 2. The van der Waals surface area contributed by atoms with Gasteiger partial charge >= 0.3 is 0 Å². The molecule has 1 aromatic rings. The first-order chi connectivity index (χ1) is 10.8. The van der Waals surface area contributed by atoms with Gasteiger partial charge in [0.15, 0.2) is 5.96 Å². The fourth-order valence-corrected chi connectivity index (χ4v) is 2.07. The molecule has 0 aliphatic carbocycles. The lowest BCUT2D eigenvalue weighted by molar-refractivity contribution is 0.195. The van der Waals surface area contributed by atoms with Crippen LogP contribution in [0, 0.1) is 0 Å². The molecule has 5 nitrogen and oxygen atoms in total. The predicted molar refractivity (Wildman–Crippen MR) is 91.8 cm³/mol. The zero-order valence-corrected chi connectivity index (χ0v) is 14.0. The molecule has 0 heterocycles. The van der Waals surface area contributed by atoms with E-state index in [1.165, 1.54) is 5.56 Å². The second kappa shape index (κ2) is 11.9. The number of hydrogen-bond acceptors (Lipinski definition) is 3. The Labute approximate surface area is 134 Å². The second-order valence-corrected chi connectivity index (χ2v) is 4.99. The lowest BCUT2D eigenvalue weighted by atomic mass is 10.1. The number of nitrogens with one attached hydrogen (secondary N) is 2. The Morgan fingerprint density at radius 1 is 1.18 bits per heavy atom. The summed E-state index contributed by atoms with van der Waals surface area (Å²) in [6.07, 6.45) is 3.00. The van der Waals surface area contributed by atoms with Crippen molar-refractivity contribution < 1.29 is 9.47 Å². The Kier molecular flexibility index (Phi) is 9.87. The molecule has 0 atom stereocenters. The number of methoxy groups -OCH3 is 2. The van der Waals surface area contributed by atoms with E-state index in [-0.39, 0.29) is 0 Å². The normalized spacial score (nSPS) is 11.3. The van der Waals surface area contributed by atoms with Crippen LogP contribution in [0.3, 0.4) is 0 Å². The highest BCUT2D eigenvalue weighted by atomic mass is 16.5.